The molecule has 1 aliphatic heterocycles. The Kier molecular flexibility index (Phi) is 9.75. The fraction of sp³-hybridized carbons (Fsp3) is 0.789. The minimum atomic E-state index is -1.51. The van der Waals surface area contributed by atoms with Gasteiger partial charge >= 0.3 is 5.97 Å². The van der Waals surface area contributed by atoms with Gasteiger partial charge in [-0.2, -0.15) is 0 Å². The number of aliphatic hydroxyl groups is 2. The Balaban J connectivity index is 1.44. The predicted molar refractivity (Wildman–Crippen MR) is 177 cm³/mol. The van der Waals surface area contributed by atoms with Gasteiger partial charge in [-0.15, -0.1) is 0 Å². The van der Waals surface area contributed by atoms with Gasteiger partial charge in [-0.1, -0.05) is 45.4 Å². The number of ether oxygens (including phenoxy) is 4. The molecule has 1 aromatic rings. The third kappa shape index (κ3) is 5.25. The zero-order valence-corrected chi connectivity index (χ0v) is 29.4. The fourth-order valence-electron chi connectivity index (χ4n) is 11.4. The highest BCUT2D eigenvalue weighted by atomic mass is 16.6. The third-order valence-corrected chi connectivity index (χ3v) is 13.7. The zero-order chi connectivity index (χ0) is 33.9. The number of fused-ring (bicyclic) bond motifs is 4. The Labute approximate surface area is 280 Å². The van der Waals surface area contributed by atoms with E-state index in [1.54, 1.807) is 27.4 Å². The molecule has 262 valence electrons. The van der Waals surface area contributed by atoms with Gasteiger partial charge in [-0.25, -0.2) is 4.79 Å². The van der Waals surface area contributed by atoms with E-state index < -0.39 is 28.9 Å². The number of esters is 1. The number of nitrogens with zero attached hydrogens (tertiary/aromatic N) is 1. The number of benzene rings is 1. The summed E-state index contributed by atoms with van der Waals surface area (Å²) >= 11 is 0. The Morgan fingerprint density at radius 3 is 2.38 bits per heavy atom. The van der Waals surface area contributed by atoms with E-state index in [1.807, 2.05) is 25.1 Å². The SMILES string of the molecule is CCCC(C)C(=O)Cc1ccccc1C(=O)O[C@@]12CC[C@H](OC)C3C1C[C@@H]([C@H](C)N(CC)C2)[C@@]1(O)CC(OC)[C@H]2CC3[C@]1(O)[C@H]2OC. The summed E-state index contributed by atoms with van der Waals surface area (Å²) in [6.07, 6.45) is 3.77. The molecule has 2 N–H and O–H groups in total. The van der Waals surface area contributed by atoms with Crippen LogP contribution in [0, 0.1) is 35.5 Å². The maximum atomic E-state index is 14.4. The smallest absolute Gasteiger partial charge is 0.339 e. The van der Waals surface area contributed by atoms with Crippen molar-refractivity contribution in [2.75, 3.05) is 34.4 Å². The summed E-state index contributed by atoms with van der Waals surface area (Å²) in [5.41, 5.74) is -2.72. The topological polar surface area (TPSA) is 115 Å². The minimum absolute atomic E-state index is 0.0722. The van der Waals surface area contributed by atoms with Crippen molar-refractivity contribution in [2.45, 2.75) is 120 Å². The molecule has 5 fully saturated rings. The molecule has 47 heavy (non-hydrogen) atoms. The van der Waals surface area contributed by atoms with Gasteiger partial charge in [-0.05, 0) is 69.0 Å². The normalized spacial score (nSPS) is 43.1. The van der Waals surface area contributed by atoms with E-state index in [9.17, 15) is 19.8 Å². The molecule has 1 saturated heterocycles. The van der Waals surface area contributed by atoms with Crippen LogP contribution in [0.2, 0.25) is 0 Å². The van der Waals surface area contributed by atoms with E-state index in [1.165, 1.54) is 0 Å². The monoisotopic (exact) mass is 655 g/mol. The number of hydrogen-bond acceptors (Lipinski definition) is 9. The van der Waals surface area contributed by atoms with E-state index in [0.29, 0.717) is 56.3 Å². The lowest BCUT2D eigenvalue weighted by molar-refractivity contribution is -0.283. The molecule has 5 unspecified atom stereocenters. The second-order valence-corrected chi connectivity index (χ2v) is 15.5. The Bertz CT molecular complexity index is 1320. The second kappa shape index (κ2) is 13.1. The molecule has 4 bridgehead atoms. The minimum Gasteiger partial charge on any atom is -0.454 e. The number of likely N-dealkylation sites (tertiary alicyclic amines) is 1. The molecule has 9 nitrogen and oxygen atoms in total. The van der Waals surface area contributed by atoms with Crippen molar-refractivity contribution in [3.63, 3.8) is 0 Å². The summed E-state index contributed by atoms with van der Waals surface area (Å²) < 4.78 is 25.2. The Morgan fingerprint density at radius 2 is 1.72 bits per heavy atom. The van der Waals surface area contributed by atoms with Crippen molar-refractivity contribution in [2.24, 2.45) is 35.5 Å². The standard InChI is InChI=1S/C38H57NO8/c1-8-12-22(3)30(40)17-24-13-10-11-14-25(24)35(41)47-36-16-15-31(44-5)33-28(36)19-27(23(4)39(9-2)21-36)37(42)20-32(45-6)26-18-29(33)38(37,43)34(26)46-7/h10-11,13-14,22-23,26-29,31-34,42-43H,8-9,12,15-21H2,1-7H3/t22?,23-,26+,27-,28?,29?,31-,32?,33?,34-,36+,37-,38-/m0/s1. The van der Waals surface area contributed by atoms with Gasteiger partial charge in [0.1, 0.15) is 22.6 Å². The molecule has 5 aliphatic rings. The van der Waals surface area contributed by atoms with Gasteiger partial charge < -0.3 is 29.2 Å². The number of hydrogen-bond donors (Lipinski definition) is 2. The average molecular weight is 656 g/mol. The first-order chi connectivity index (χ1) is 22.4. The molecular formula is C38H57NO8. The second-order valence-electron chi connectivity index (χ2n) is 15.5. The number of carbonyl (C=O) groups is 2. The molecule has 1 heterocycles. The maximum Gasteiger partial charge on any atom is 0.339 e. The molecule has 0 radical (unpaired) electrons. The van der Waals surface area contributed by atoms with Crippen LogP contribution in [0.5, 0.6) is 0 Å². The molecule has 0 amide bonds. The van der Waals surface area contributed by atoms with Crippen molar-refractivity contribution in [3.8, 4) is 0 Å². The highest BCUT2D eigenvalue weighted by Gasteiger charge is 2.78. The van der Waals surface area contributed by atoms with Gasteiger partial charge in [0, 0.05) is 70.4 Å². The lowest BCUT2D eigenvalue weighted by Gasteiger charge is -2.58. The van der Waals surface area contributed by atoms with E-state index in [-0.39, 0.29) is 66.0 Å². The van der Waals surface area contributed by atoms with Crippen LogP contribution in [0.15, 0.2) is 24.3 Å². The predicted octanol–water partition coefficient (Wildman–Crippen LogP) is 4.45. The van der Waals surface area contributed by atoms with E-state index in [4.69, 9.17) is 18.9 Å². The summed E-state index contributed by atoms with van der Waals surface area (Å²) in [6.45, 7) is 9.52. The first kappa shape index (κ1) is 35.0. The number of likely N-dealkylation sites (N-methyl/N-ethyl adjacent to an activating group) is 1. The van der Waals surface area contributed by atoms with Crippen molar-refractivity contribution >= 4 is 11.8 Å². The number of carbonyl (C=O) groups excluding carboxylic acids is 2. The van der Waals surface area contributed by atoms with Crippen LogP contribution in [0.4, 0.5) is 0 Å². The van der Waals surface area contributed by atoms with Crippen LogP contribution in [-0.4, -0.2) is 102 Å². The van der Waals surface area contributed by atoms with Crippen LogP contribution in [0.25, 0.3) is 0 Å². The van der Waals surface area contributed by atoms with Crippen LogP contribution < -0.4 is 0 Å². The van der Waals surface area contributed by atoms with Crippen molar-refractivity contribution in [1.82, 2.24) is 4.90 Å². The van der Waals surface area contributed by atoms with Crippen molar-refractivity contribution < 1.29 is 38.7 Å². The van der Waals surface area contributed by atoms with Gasteiger partial charge in [0.25, 0.3) is 0 Å². The summed E-state index contributed by atoms with van der Waals surface area (Å²) in [4.78, 5) is 29.9. The molecular weight excluding hydrogens is 598 g/mol. The number of methoxy groups -OCH3 is 3. The summed E-state index contributed by atoms with van der Waals surface area (Å²) in [5, 5.41) is 26.1. The summed E-state index contributed by atoms with van der Waals surface area (Å²) in [6, 6.07) is 7.25. The average Bonchev–Trinajstić information content (AvgIpc) is 3.19. The number of rotatable bonds is 11. The van der Waals surface area contributed by atoms with Crippen molar-refractivity contribution in [3.05, 3.63) is 35.4 Å². The highest BCUT2D eigenvalue weighted by molar-refractivity contribution is 5.94. The van der Waals surface area contributed by atoms with E-state index >= 15 is 0 Å². The molecule has 0 spiro atoms. The third-order valence-electron chi connectivity index (χ3n) is 13.7. The van der Waals surface area contributed by atoms with Crippen LogP contribution in [-0.2, 0) is 30.2 Å². The van der Waals surface area contributed by atoms with Gasteiger partial charge in [-0.3, -0.25) is 9.69 Å². The number of Topliss-reactive ketones (excluding diaryl/α,β-unsaturated/α-hetero) is 1. The Morgan fingerprint density at radius 1 is 1.00 bits per heavy atom. The first-order valence-electron chi connectivity index (χ1n) is 18.1. The molecule has 13 atom stereocenters. The number of ketones is 1. The zero-order valence-electron chi connectivity index (χ0n) is 29.4. The largest absolute Gasteiger partial charge is 0.454 e. The van der Waals surface area contributed by atoms with Crippen LogP contribution in [0.1, 0.15) is 88.6 Å². The maximum absolute atomic E-state index is 14.4. The van der Waals surface area contributed by atoms with Gasteiger partial charge in [0.05, 0.1) is 23.9 Å². The molecule has 9 heteroatoms. The molecule has 4 aliphatic carbocycles. The molecule has 1 aromatic carbocycles. The molecule has 0 aromatic heterocycles. The van der Waals surface area contributed by atoms with E-state index in [0.717, 1.165) is 12.8 Å². The van der Waals surface area contributed by atoms with Gasteiger partial charge in [0.2, 0.25) is 0 Å². The highest BCUT2D eigenvalue weighted by Crippen LogP contribution is 2.67. The van der Waals surface area contributed by atoms with Crippen LogP contribution >= 0.6 is 0 Å². The molecule has 4 saturated carbocycles. The van der Waals surface area contributed by atoms with Crippen LogP contribution in [0.3, 0.4) is 0 Å². The first-order valence-corrected chi connectivity index (χ1v) is 18.1. The summed E-state index contributed by atoms with van der Waals surface area (Å²) in [7, 11) is 5.06. The van der Waals surface area contributed by atoms with E-state index in [2.05, 4.69) is 25.7 Å². The van der Waals surface area contributed by atoms with Gasteiger partial charge in [0.15, 0.2) is 0 Å². The quantitative estimate of drug-likeness (QED) is 0.334. The summed E-state index contributed by atoms with van der Waals surface area (Å²) in [5.74, 6) is -1.40. The lowest BCUT2D eigenvalue weighted by atomic mass is 9.59. The van der Waals surface area contributed by atoms with Crippen molar-refractivity contribution in [1.29, 1.82) is 0 Å². The molecule has 6 rings (SSSR count). The Hall–Kier alpha value is -1.88. The lowest BCUT2D eigenvalue weighted by Crippen LogP contribution is -2.73. The fourth-order valence-corrected chi connectivity index (χ4v) is 11.4.